The van der Waals surface area contributed by atoms with Crippen molar-refractivity contribution in [2.24, 2.45) is 10.8 Å². The number of nitrogens with one attached hydrogen (secondary N) is 1. The molecule has 63 heavy (non-hydrogen) atoms. The predicted octanol–water partition coefficient (Wildman–Crippen LogP) is 8.61. The topological polar surface area (TPSA) is 162 Å². The molecule has 3 amide bonds. The molecule has 3 aliphatic heterocycles. The van der Waals surface area contributed by atoms with E-state index in [0.29, 0.717) is 43.3 Å². The van der Waals surface area contributed by atoms with E-state index in [4.69, 9.17) is 25.1 Å². The minimum Gasteiger partial charge on any atom is -0.438 e. The summed E-state index contributed by atoms with van der Waals surface area (Å²) in [4.78, 5) is 74.9. The predicted molar refractivity (Wildman–Crippen MR) is 230 cm³/mol. The average molecular weight is 913 g/mol. The summed E-state index contributed by atoms with van der Waals surface area (Å²) in [6, 6.07) is 13.0. The average Bonchev–Trinajstić information content (AvgIpc) is 3.98. The summed E-state index contributed by atoms with van der Waals surface area (Å²) < 4.78 is 66.9. The molecule has 1 N–H and O–H groups in total. The van der Waals surface area contributed by atoms with Crippen LogP contribution in [0, 0.1) is 17.4 Å². The second-order valence-corrected chi connectivity index (χ2v) is 21.9. The zero-order chi connectivity index (χ0) is 46.1. The molecule has 0 spiro atoms. The van der Waals surface area contributed by atoms with Gasteiger partial charge < -0.3 is 29.4 Å². The van der Waals surface area contributed by atoms with Gasteiger partial charge in [-0.1, -0.05) is 49.2 Å². The van der Waals surface area contributed by atoms with Crippen LogP contribution in [0.1, 0.15) is 114 Å². The monoisotopic (exact) mass is 912 g/mol. The third-order valence-electron chi connectivity index (χ3n) is 11.8. The summed E-state index contributed by atoms with van der Waals surface area (Å²) in [5.74, 6) is -3.00. The fourth-order valence-corrected chi connectivity index (χ4v) is 10.3. The Kier molecular flexibility index (Phi) is 13.9. The highest BCUT2D eigenvalue weighted by Crippen LogP contribution is 2.67. The highest BCUT2D eigenvalue weighted by Gasteiger charge is 2.56. The first-order valence-corrected chi connectivity index (χ1v) is 23.4. The summed E-state index contributed by atoms with van der Waals surface area (Å²) in [5, 5.41) is 3.12. The Morgan fingerprint density at radius 2 is 1.54 bits per heavy atom. The van der Waals surface area contributed by atoms with Crippen molar-refractivity contribution in [1.82, 2.24) is 15.1 Å². The molecule has 3 fully saturated rings. The van der Waals surface area contributed by atoms with Crippen LogP contribution in [0.25, 0.3) is 14.9 Å². The van der Waals surface area contributed by atoms with Gasteiger partial charge in [-0.25, -0.2) is 6.57 Å². The third kappa shape index (κ3) is 10.1. The number of amides is 3. The highest BCUT2D eigenvalue weighted by atomic mass is 32.1. The van der Waals surface area contributed by atoms with Gasteiger partial charge in [0.05, 0.1) is 28.2 Å². The summed E-state index contributed by atoms with van der Waals surface area (Å²) in [5.41, 5.74) is -7.68. The van der Waals surface area contributed by atoms with Crippen molar-refractivity contribution < 1.29 is 55.8 Å². The number of thiophene rings is 1. The molecule has 0 radical (unpaired) electrons. The van der Waals surface area contributed by atoms with Gasteiger partial charge in [0.2, 0.25) is 31.4 Å². The van der Waals surface area contributed by atoms with Crippen LogP contribution in [-0.4, -0.2) is 89.8 Å². The number of carbonyl (C=O) groups is 5. The van der Waals surface area contributed by atoms with Crippen molar-refractivity contribution in [3.8, 4) is 0 Å². The van der Waals surface area contributed by atoms with E-state index in [1.165, 1.54) is 53.7 Å². The number of hydrogen-bond acceptors (Lipinski definition) is 11. The molecular weight excluding hydrogens is 858 g/mol. The molecule has 0 bridgehead atoms. The van der Waals surface area contributed by atoms with Gasteiger partial charge in [-0.2, -0.15) is 8.78 Å². The number of likely N-dealkylation sites (tertiary alicyclic amines) is 1. The summed E-state index contributed by atoms with van der Waals surface area (Å²) >= 11 is 0.998. The van der Waals surface area contributed by atoms with Gasteiger partial charge in [0.15, 0.2) is 0 Å². The molecule has 6 rings (SSSR count). The maximum Gasteiger partial charge on any atom is 0.410 e. The van der Waals surface area contributed by atoms with Crippen molar-refractivity contribution >= 4 is 58.7 Å². The van der Waals surface area contributed by atoms with Crippen LogP contribution in [0.15, 0.2) is 54.6 Å². The number of carbonyl (C=O) groups excluding carboxylic acids is 5. The first-order chi connectivity index (χ1) is 29.5. The molecule has 0 aliphatic carbocycles. The Morgan fingerprint density at radius 1 is 0.905 bits per heavy atom. The molecule has 3 aromatic rings. The van der Waals surface area contributed by atoms with E-state index in [0.717, 1.165) is 35.5 Å². The van der Waals surface area contributed by atoms with Crippen LogP contribution in [0.5, 0.6) is 0 Å². The molecule has 5 atom stereocenters. The van der Waals surface area contributed by atoms with E-state index in [1.54, 1.807) is 16.7 Å². The first kappa shape index (κ1) is 47.7. The molecule has 3 saturated heterocycles. The molecule has 14 nitrogen and oxygen atoms in total. The van der Waals surface area contributed by atoms with Crippen molar-refractivity contribution in [1.29, 1.82) is 0 Å². The van der Waals surface area contributed by atoms with Crippen LogP contribution in [-0.2, 0) is 47.9 Å². The molecule has 18 heteroatoms. The van der Waals surface area contributed by atoms with Gasteiger partial charge in [-0.3, -0.25) is 37.6 Å². The van der Waals surface area contributed by atoms with Gasteiger partial charge >= 0.3 is 25.2 Å². The Hall–Kier alpha value is -4.75. The van der Waals surface area contributed by atoms with Crippen LogP contribution in [0.4, 0.5) is 8.78 Å². The van der Waals surface area contributed by atoms with Crippen LogP contribution < -0.4 is 5.32 Å². The SMILES string of the molecule is [C-]#[N+][C@H]1CN(C(=O)[C@@H]2CCC3CCCC[C@](C)(NC(=O)c4cc5cc(C(F)(F)P(=O)(OCOC(=O)C(C)(C)C)OCOC(=O)C(C)(C)C)ccc5s4)C(=O)N32)C[C@@H]1c1ccccc1. The van der Waals surface area contributed by atoms with E-state index in [-0.39, 0.29) is 40.6 Å². The zero-order valence-electron chi connectivity index (χ0n) is 36.6. The number of hydrogen-bond donors (Lipinski definition) is 1. The van der Waals surface area contributed by atoms with Crippen molar-refractivity contribution in [3.63, 3.8) is 0 Å². The Bertz CT molecular complexity index is 2290. The number of rotatable bonds is 12. The van der Waals surface area contributed by atoms with E-state index in [9.17, 15) is 28.5 Å². The molecule has 4 heterocycles. The largest absolute Gasteiger partial charge is 0.438 e. The normalized spacial score (nSPS) is 23.4. The summed E-state index contributed by atoms with van der Waals surface area (Å²) in [7, 11) is -5.60. The minimum atomic E-state index is -5.60. The van der Waals surface area contributed by atoms with Crippen LogP contribution in [0.2, 0.25) is 0 Å². The first-order valence-electron chi connectivity index (χ1n) is 21.0. The van der Waals surface area contributed by atoms with Gasteiger partial charge in [0.25, 0.3) is 5.91 Å². The number of halogens is 2. The highest BCUT2D eigenvalue weighted by molar-refractivity contribution is 7.54. The van der Waals surface area contributed by atoms with Crippen molar-refractivity contribution in [3.05, 3.63) is 82.0 Å². The lowest BCUT2D eigenvalue weighted by Crippen LogP contribution is -2.62. The maximum atomic E-state index is 16.4. The van der Waals surface area contributed by atoms with Crippen LogP contribution in [0.3, 0.4) is 0 Å². The second-order valence-electron chi connectivity index (χ2n) is 18.7. The maximum absolute atomic E-state index is 16.4. The number of esters is 2. The van der Waals surface area contributed by atoms with Crippen molar-refractivity contribution in [2.45, 2.75) is 122 Å². The number of alkyl halides is 2. The van der Waals surface area contributed by atoms with E-state index in [1.807, 2.05) is 30.3 Å². The van der Waals surface area contributed by atoms with Crippen molar-refractivity contribution in [2.75, 3.05) is 26.7 Å². The van der Waals surface area contributed by atoms with E-state index in [2.05, 4.69) is 10.2 Å². The fraction of sp³-hybridized carbons (Fsp3) is 0.556. The Balaban J connectivity index is 1.20. The second kappa shape index (κ2) is 18.4. The van der Waals surface area contributed by atoms with E-state index >= 15 is 8.78 Å². The molecule has 0 saturated carbocycles. The third-order valence-corrected chi connectivity index (χ3v) is 14.8. The number of fused-ring (bicyclic) bond motifs is 2. The molecule has 2 aromatic carbocycles. The molecule has 340 valence electrons. The number of ether oxygens (including phenoxy) is 2. The molecule has 1 aromatic heterocycles. The molecule has 3 aliphatic rings. The van der Waals surface area contributed by atoms with Gasteiger partial charge in [0.1, 0.15) is 11.6 Å². The Morgan fingerprint density at radius 3 is 2.14 bits per heavy atom. The van der Waals surface area contributed by atoms with Crippen LogP contribution >= 0.6 is 18.9 Å². The fourth-order valence-electron chi connectivity index (χ4n) is 8.16. The smallest absolute Gasteiger partial charge is 0.410 e. The van der Waals surface area contributed by atoms with Gasteiger partial charge in [-0.05, 0) is 103 Å². The number of nitrogens with zero attached hydrogens (tertiary/aromatic N) is 3. The van der Waals surface area contributed by atoms with Gasteiger partial charge in [-0.15, -0.1) is 11.3 Å². The minimum absolute atomic E-state index is 0.111. The lowest BCUT2D eigenvalue weighted by molar-refractivity contribution is -0.163. The summed E-state index contributed by atoms with van der Waals surface area (Å²) in [6.45, 7) is 17.0. The number of benzene rings is 2. The lowest BCUT2D eigenvalue weighted by Gasteiger charge is -2.41. The lowest BCUT2D eigenvalue weighted by atomic mass is 9.88. The molecule has 1 unspecified atom stereocenters. The Labute approximate surface area is 370 Å². The van der Waals surface area contributed by atoms with E-state index < -0.39 is 78.7 Å². The summed E-state index contributed by atoms with van der Waals surface area (Å²) in [6.07, 6.45) is 3.52. The standard InChI is InChI=1S/C45H55F2N4O10PS/c1-42(2,3)40(55)58-26-60-62(57,61-27-59-41(56)43(4,5)6)45(46,47)30-17-20-35-29(22-30)23-36(63-35)37(52)49-44(7)21-13-12-16-31-18-19-34(51(31)39(44)54)38(53)50-24-32(33(25-50)48-8)28-14-10-9-11-15-28/h9-11,14-15,17,20,22-23,31-34H,12-13,16,18-19,21,24-27H2,1-7H3,(H,49,52)/t31?,32-,33+,34+,44+/m1/s1. The quantitative estimate of drug-likeness (QED) is 0.0806. The van der Waals surface area contributed by atoms with Gasteiger partial charge in [0, 0.05) is 22.8 Å². The molecular formula is C45H55F2N4O10PS. The zero-order valence-corrected chi connectivity index (χ0v) is 38.3.